The van der Waals surface area contributed by atoms with Crippen molar-refractivity contribution in [3.05, 3.63) is 63.5 Å². The van der Waals surface area contributed by atoms with E-state index in [4.69, 9.17) is 21.4 Å². The first-order valence-electron chi connectivity index (χ1n) is 10.6. The van der Waals surface area contributed by atoms with E-state index in [1.165, 1.54) is 17.7 Å². The van der Waals surface area contributed by atoms with E-state index in [0.717, 1.165) is 23.6 Å². The monoisotopic (exact) mass is 446 g/mol. The van der Waals surface area contributed by atoms with Gasteiger partial charge in [-0.25, -0.2) is 9.18 Å². The maximum Gasteiger partial charge on any atom is 0.328 e. The predicted molar refractivity (Wildman–Crippen MR) is 127 cm³/mol. The number of carboxylic acids is 1. The molecule has 1 aromatic carbocycles. The molecule has 0 bridgehead atoms. The highest BCUT2D eigenvalue weighted by Gasteiger charge is 2.34. The first-order chi connectivity index (χ1) is 14.4. The van der Waals surface area contributed by atoms with Crippen molar-refractivity contribution in [1.29, 1.82) is 0 Å². The Balaban J connectivity index is 2.74. The van der Waals surface area contributed by atoms with Gasteiger partial charge in [-0.05, 0) is 78.5 Å². The summed E-state index contributed by atoms with van der Waals surface area (Å²) >= 11 is 6.91. The summed E-state index contributed by atoms with van der Waals surface area (Å²) in [5, 5.41) is 9.37. The zero-order chi connectivity index (χ0) is 23.5. The predicted octanol–water partition coefficient (Wildman–Crippen LogP) is 7.75. The fourth-order valence-electron chi connectivity index (χ4n) is 3.91. The highest BCUT2D eigenvalue weighted by Crippen LogP contribution is 2.50. The molecule has 0 saturated carbocycles. The molecule has 1 aromatic rings. The maximum atomic E-state index is 15.1. The second-order valence-electron chi connectivity index (χ2n) is 8.86. The maximum absolute atomic E-state index is 15.1. The quantitative estimate of drug-likeness (QED) is 0.344. The van der Waals surface area contributed by atoms with Crippen molar-refractivity contribution in [3.63, 3.8) is 0 Å². The van der Waals surface area contributed by atoms with Crippen molar-refractivity contribution in [1.82, 2.24) is 0 Å². The van der Waals surface area contributed by atoms with Crippen LogP contribution < -0.4 is 4.74 Å². The average molecular weight is 447 g/mol. The van der Waals surface area contributed by atoms with Crippen LogP contribution in [0.2, 0.25) is 5.02 Å². The molecule has 1 aliphatic carbocycles. The van der Waals surface area contributed by atoms with Crippen LogP contribution in [-0.4, -0.2) is 17.7 Å². The third-order valence-corrected chi connectivity index (χ3v) is 5.92. The number of aliphatic carboxylic acids is 1. The van der Waals surface area contributed by atoms with Crippen LogP contribution in [0.15, 0.2) is 41.8 Å². The summed E-state index contributed by atoms with van der Waals surface area (Å²) in [4.78, 5) is 10.8. The molecule has 0 unspecified atom stereocenters. The molecule has 0 fully saturated rings. The molecule has 2 rings (SSSR count). The van der Waals surface area contributed by atoms with Crippen molar-refractivity contribution < 1.29 is 19.0 Å². The average Bonchev–Trinajstić information content (AvgIpc) is 2.66. The SMILES string of the molecule is CCOc1c(C(C)=C(F)C=CC(C)=CC(=O)O)cc2c(c1Cl)C(C)(C)CC=C2C(C)C. The summed E-state index contributed by atoms with van der Waals surface area (Å²) in [6, 6.07) is 1.99. The van der Waals surface area contributed by atoms with E-state index in [-0.39, 0.29) is 5.41 Å². The number of ether oxygens (including phenoxy) is 1. The van der Waals surface area contributed by atoms with Crippen molar-refractivity contribution in [2.24, 2.45) is 5.92 Å². The van der Waals surface area contributed by atoms with Crippen molar-refractivity contribution in [2.75, 3.05) is 6.61 Å². The highest BCUT2D eigenvalue weighted by molar-refractivity contribution is 6.33. The molecule has 168 valence electrons. The molecule has 3 nitrogen and oxygen atoms in total. The molecule has 0 aliphatic heterocycles. The van der Waals surface area contributed by atoms with Gasteiger partial charge in [-0.15, -0.1) is 0 Å². The van der Waals surface area contributed by atoms with Crippen LogP contribution >= 0.6 is 11.6 Å². The van der Waals surface area contributed by atoms with E-state index in [2.05, 4.69) is 33.8 Å². The highest BCUT2D eigenvalue weighted by atomic mass is 35.5. The van der Waals surface area contributed by atoms with Gasteiger partial charge in [0.1, 0.15) is 11.6 Å². The Morgan fingerprint density at radius 2 is 1.97 bits per heavy atom. The number of allylic oxidation sites excluding steroid dienone is 7. The third kappa shape index (κ3) is 5.48. The van der Waals surface area contributed by atoms with E-state index in [0.29, 0.717) is 40.0 Å². The molecule has 0 atom stereocenters. The van der Waals surface area contributed by atoms with Crippen LogP contribution in [-0.2, 0) is 10.2 Å². The van der Waals surface area contributed by atoms with Gasteiger partial charge in [0.25, 0.3) is 0 Å². The Hall–Kier alpha value is -2.33. The molecule has 0 amide bonds. The molecule has 31 heavy (non-hydrogen) atoms. The number of fused-ring (bicyclic) bond motifs is 1. The number of benzene rings is 1. The van der Waals surface area contributed by atoms with E-state index < -0.39 is 11.8 Å². The summed E-state index contributed by atoms with van der Waals surface area (Å²) in [5.74, 6) is -0.756. The summed E-state index contributed by atoms with van der Waals surface area (Å²) < 4.78 is 21.0. The molecular formula is C26H32ClFO3. The largest absolute Gasteiger partial charge is 0.492 e. The van der Waals surface area contributed by atoms with Gasteiger partial charge >= 0.3 is 5.97 Å². The lowest BCUT2D eigenvalue weighted by molar-refractivity contribution is -0.131. The van der Waals surface area contributed by atoms with Crippen molar-refractivity contribution in [2.45, 2.75) is 60.3 Å². The Bertz CT molecular complexity index is 994. The number of hydrogen-bond acceptors (Lipinski definition) is 2. The Kier molecular flexibility index (Phi) is 7.93. The number of rotatable bonds is 7. The van der Waals surface area contributed by atoms with E-state index >= 15 is 4.39 Å². The molecule has 0 saturated heterocycles. The number of hydrogen-bond donors (Lipinski definition) is 1. The number of carboxylic acid groups (broad SMARTS) is 1. The van der Waals surface area contributed by atoms with Crippen molar-refractivity contribution in [3.8, 4) is 5.75 Å². The van der Waals surface area contributed by atoms with E-state index in [1.54, 1.807) is 13.8 Å². The lowest BCUT2D eigenvalue weighted by atomic mass is 9.70. The Morgan fingerprint density at radius 3 is 2.52 bits per heavy atom. The molecule has 0 spiro atoms. The van der Waals surface area contributed by atoms with Crippen LogP contribution in [0.3, 0.4) is 0 Å². The van der Waals surface area contributed by atoms with Gasteiger partial charge in [-0.3, -0.25) is 0 Å². The van der Waals surface area contributed by atoms with E-state index in [9.17, 15) is 4.79 Å². The van der Waals surface area contributed by atoms with Crippen molar-refractivity contribution >= 4 is 28.7 Å². The van der Waals surface area contributed by atoms with Crippen LogP contribution in [0.1, 0.15) is 71.6 Å². The topological polar surface area (TPSA) is 46.5 Å². The zero-order valence-corrected chi connectivity index (χ0v) is 20.2. The van der Waals surface area contributed by atoms with E-state index in [1.807, 2.05) is 13.0 Å². The zero-order valence-electron chi connectivity index (χ0n) is 19.4. The van der Waals surface area contributed by atoms with Gasteiger partial charge in [0.15, 0.2) is 0 Å². The molecule has 0 aromatic heterocycles. The lowest BCUT2D eigenvalue weighted by Crippen LogP contribution is -2.24. The summed E-state index contributed by atoms with van der Waals surface area (Å²) in [5.41, 5.74) is 4.55. The minimum atomic E-state index is -1.07. The first-order valence-corrected chi connectivity index (χ1v) is 10.9. The first kappa shape index (κ1) is 24.9. The number of carbonyl (C=O) groups is 1. The molecule has 0 radical (unpaired) electrons. The molecule has 1 aliphatic rings. The molecule has 1 N–H and O–H groups in total. The standard InChI is InChI=1S/C26H32ClFO3/c1-8-31-25-19(17(5)21(28)10-9-16(4)13-22(29)30)14-20-18(15(2)3)11-12-26(6,7)23(20)24(25)27/h9-11,13-15H,8,12H2,1-7H3,(H,29,30). The fraction of sp³-hybridized carbons (Fsp3) is 0.423. The summed E-state index contributed by atoms with van der Waals surface area (Å²) in [6.45, 7) is 14.2. The minimum Gasteiger partial charge on any atom is -0.492 e. The summed E-state index contributed by atoms with van der Waals surface area (Å²) in [7, 11) is 0. The lowest BCUT2D eigenvalue weighted by Gasteiger charge is -2.35. The second kappa shape index (κ2) is 9.86. The molecular weight excluding hydrogens is 415 g/mol. The minimum absolute atomic E-state index is 0.163. The number of halogens is 2. The van der Waals surface area contributed by atoms with Crippen LogP contribution in [0.5, 0.6) is 5.75 Å². The second-order valence-corrected chi connectivity index (χ2v) is 9.24. The summed E-state index contributed by atoms with van der Waals surface area (Å²) in [6.07, 6.45) is 6.87. The van der Waals surface area contributed by atoms with Gasteiger partial charge in [-0.1, -0.05) is 51.4 Å². The van der Waals surface area contributed by atoms with Crippen LogP contribution in [0, 0.1) is 5.92 Å². The Labute approximate surface area is 190 Å². The molecule has 0 heterocycles. The van der Waals surface area contributed by atoms with Crippen LogP contribution in [0.4, 0.5) is 4.39 Å². The smallest absolute Gasteiger partial charge is 0.328 e. The molecule has 5 heteroatoms. The van der Waals surface area contributed by atoms with Gasteiger partial charge in [0.2, 0.25) is 0 Å². The van der Waals surface area contributed by atoms with Gasteiger partial charge < -0.3 is 9.84 Å². The van der Waals surface area contributed by atoms with Gasteiger partial charge in [0.05, 0.1) is 11.6 Å². The third-order valence-electron chi connectivity index (χ3n) is 5.56. The van der Waals surface area contributed by atoms with Crippen LogP contribution in [0.25, 0.3) is 11.1 Å². The van der Waals surface area contributed by atoms with Gasteiger partial charge in [0, 0.05) is 11.6 Å². The van der Waals surface area contributed by atoms with Gasteiger partial charge in [-0.2, -0.15) is 0 Å². The normalized spacial score (nSPS) is 16.8. The fourth-order valence-corrected chi connectivity index (χ4v) is 4.42. The Morgan fingerprint density at radius 1 is 1.32 bits per heavy atom.